The number of benzene rings is 1. The molecule has 4 heteroatoms. The molecule has 1 fully saturated rings. The van der Waals surface area contributed by atoms with Crippen molar-refractivity contribution in [1.29, 1.82) is 0 Å². The molecule has 3 aliphatic rings. The third-order valence-electron chi connectivity index (χ3n) is 5.62. The summed E-state index contributed by atoms with van der Waals surface area (Å²) in [6.45, 7) is 0.730. The molecule has 1 aromatic carbocycles. The van der Waals surface area contributed by atoms with Gasteiger partial charge in [0, 0.05) is 36.8 Å². The van der Waals surface area contributed by atoms with Crippen molar-refractivity contribution in [1.82, 2.24) is 10.2 Å². The van der Waals surface area contributed by atoms with E-state index in [2.05, 4.69) is 5.32 Å². The van der Waals surface area contributed by atoms with Crippen LogP contribution in [0.4, 0.5) is 8.78 Å². The summed E-state index contributed by atoms with van der Waals surface area (Å²) in [6.07, 6.45) is 10.2. The molecule has 1 saturated carbocycles. The van der Waals surface area contributed by atoms with Crippen LogP contribution in [0.5, 0.6) is 0 Å². The second-order valence-electron chi connectivity index (χ2n) is 7.13. The number of hydrogen-bond acceptors (Lipinski definition) is 2. The lowest BCUT2D eigenvalue weighted by Gasteiger charge is -2.34. The number of nitrogens with one attached hydrogen (secondary N) is 1. The summed E-state index contributed by atoms with van der Waals surface area (Å²) in [7, 11) is 0. The number of nitrogens with zero attached hydrogens (tertiary/aromatic N) is 1. The van der Waals surface area contributed by atoms with Crippen LogP contribution in [0.2, 0.25) is 0 Å². The molecule has 0 bridgehead atoms. The molecule has 0 aromatic heterocycles. The van der Waals surface area contributed by atoms with Gasteiger partial charge in [0.1, 0.15) is 0 Å². The molecular formula is C20H24F2N2. The predicted molar refractivity (Wildman–Crippen MR) is 92.3 cm³/mol. The van der Waals surface area contributed by atoms with E-state index in [4.69, 9.17) is 0 Å². The van der Waals surface area contributed by atoms with Gasteiger partial charge in [0.15, 0.2) is 0 Å². The lowest BCUT2D eigenvalue weighted by atomic mass is 9.81. The highest BCUT2D eigenvalue weighted by atomic mass is 19.3. The largest absolute Gasteiger partial charge is 0.386 e. The fraction of sp³-hybridized carbons (Fsp3) is 0.500. The maximum atomic E-state index is 15.0. The molecule has 1 atom stereocenters. The Balaban J connectivity index is 1.66. The van der Waals surface area contributed by atoms with Crippen LogP contribution in [-0.4, -0.2) is 17.4 Å². The standard InChI is InChI=1S/C20H24F2N2/c21-20(22,15-7-2-1-3-8-15)13-18-16-9-4-5-10-17(16)19-14-23-11-6-12-24(18)19/h4-6,9-10,12,14-15,18,23H,1-3,7-8,11,13H2. The van der Waals surface area contributed by atoms with Crippen LogP contribution in [0, 0.1) is 5.92 Å². The van der Waals surface area contributed by atoms with Gasteiger partial charge in [0.25, 0.3) is 5.92 Å². The van der Waals surface area contributed by atoms with Crippen molar-refractivity contribution in [2.24, 2.45) is 5.92 Å². The lowest BCUT2D eigenvalue weighted by molar-refractivity contribution is -0.0879. The van der Waals surface area contributed by atoms with Crippen LogP contribution in [0.15, 0.2) is 42.7 Å². The Hall–Kier alpha value is -1.84. The Bertz CT molecular complexity index is 659. The van der Waals surface area contributed by atoms with Crippen molar-refractivity contribution in [3.05, 3.63) is 53.9 Å². The maximum Gasteiger partial charge on any atom is 0.253 e. The highest BCUT2D eigenvalue weighted by molar-refractivity contribution is 5.73. The van der Waals surface area contributed by atoms with Crippen LogP contribution in [0.1, 0.15) is 55.7 Å². The zero-order valence-corrected chi connectivity index (χ0v) is 13.8. The van der Waals surface area contributed by atoms with E-state index in [9.17, 15) is 0 Å². The molecule has 1 N–H and O–H groups in total. The second-order valence-corrected chi connectivity index (χ2v) is 7.13. The molecule has 0 saturated heterocycles. The average Bonchev–Trinajstić information content (AvgIpc) is 2.77. The van der Waals surface area contributed by atoms with Crippen molar-refractivity contribution in [3.8, 4) is 0 Å². The SMILES string of the molecule is FC(F)(CC1c2ccccc2C2=CNCC=CN21)C1CCCCC1. The molecule has 128 valence electrons. The van der Waals surface area contributed by atoms with Gasteiger partial charge in [0.05, 0.1) is 11.7 Å². The number of fused-ring (bicyclic) bond motifs is 3. The lowest BCUT2D eigenvalue weighted by Crippen LogP contribution is -2.34. The summed E-state index contributed by atoms with van der Waals surface area (Å²) in [4.78, 5) is 2.03. The molecule has 0 radical (unpaired) electrons. The van der Waals surface area contributed by atoms with E-state index in [1.54, 1.807) is 0 Å². The molecule has 0 amide bonds. The van der Waals surface area contributed by atoms with Crippen molar-refractivity contribution in [3.63, 3.8) is 0 Å². The van der Waals surface area contributed by atoms with Crippen molar-refractivity contribution < 1.29 is 8.78 Å². The van der Waals surface area contributed by atoms with E-state index in [0.717, 1.165) is 42.6 Å². The normalized spacial score (nSPS) is 24.0. The molecule has 1 unspecified atom stereocenters. The van der Waals surface area contributed by atoms with Crippen molar-refractivity contribution >= 4 is 5.70 Å². The summed E-state index contributed by atoms with van der Waals surface area (Å²) in [6, 6.07) is 7.69. The minimum Gasteiger partial charge on any atom is -0.386 e. The molecule has 24 heavy (non-hydrogen) atoms. The third kappa shape index (κ3) is 2.72. The summed E-state index contributed by atoms with van der Waals surface area (Å²) >= 11 is 0. The summed E-state index contributed by atoms with van der Waals surface area (Å²) in [5.41, 5.74) is 3.09. The highest BCUT2D eigenvalue weighted by Gasteiger charge is 2.45. The van der Waals surface area contributed by atoms with Gasteiger partial charge >= 0.3 is 0 Å². The zero-order valence-electron chi connectivity index (χ0n) is 13.8. The van der Waals surface area contributed by atoms with Crippen LogP contribution >= 0.6 is 0 Å². The first-order chi connectivity index (χ1) is 11.7. The molecule has 1 aromatic rings. The van der Waals surface area contributed by atoms with E-state index < -0.39 is 11.8 Å². The zero-order chi connectivity index (χ0) is 16.6. The van der Waals surface area contributed by atoms with Gasteiger partial charge in [0.2, 0.25) is 0 Å². The Labute approximate surface area is 142 Å². The second kappa shape index (κ2) is 6.23. The fourth-order valence-electron chi connectivity index (χ4n) is 4.36. The van der Waals surface area contributed by atoms with E-state index in [-0.39, 0.29) is 12.5 Å². The van der Waals surface area contributed by atoms with Crippen LogP contribution in [0.25, 0.3) is 5.70 Å². The van der Waals surface area contributed by atoms with Gasteiger partial charge in [-0.1, -0.05) is 43.5 Å². The third-order valence-corrected chi connectivity index (χ3v) is 5.62. The summed E-state index contributed by atoms with van der Waals surface area (Å²) in [5, 5.41) is 3.23. The van der Waals surface area contributed by atoms with Crippen molar-refractivity contribution in [2.75, 3.05) is 6.54 Å². The number of rotatable bonds is 3. The minimum absolute atomic E-state index is 0.101. The van der Waals surface area contributed by atoms with Gasteiger partial charge in [-0.3, -0.25) is 0 Å². The van der Waals surface area contributed by atoms with Crippen LogP contribution in [-0.2, 0) is 0 Å². The molecule has 4 rings (SSSR count). The van der Waals surface area contributed by atoms with Crippen molar-refractivity contribution in [2.45, 2.75) is 50.5 Å². The Kier molecular flexibility index (Phi) is 4.07. The Morgan fingerprint density at radius 1 is 1.12 bits per heavy atom. The van der Waals surface area contributed by atoms with Crippen LogP contribution < -0.4 is 5.32 Å². The van der Waals surface area contributed by atoms with E-state index >= 15 is 8.78 Å². The first kappa shape index (κ1) is 15.7. The average molecular weight is 330 g/mol. The maximum absolute atomic E-state index is 15.0. The number of alkyl halides is 2. The van der Waals surface area contributed by atoms with Gasteiger partial charge in [-0.2, -0.15) is 0 Å². The van der Waals surface area contributed by atoms with Gasteiger partial charge in [-0.25, -0.2) is 8.78 Å². The first-order valence-corrected chi connectivity index (χ1v) is 9.02. The topological polar surface area (TPSA) is 15.3 Å². The smallest absolute Gasteiger partial charge is 0.253 e. The van der Waals surface area contributed by atoms with E-state index in [0.29, 0.717) is 12.8 Å². The molecule has 2 aliphatic heterocycles. The van der Waals surface area contributed by atoms with Gasteiger partial charge in [-0.15, -0.1) is 0 Å². The minimum atomic E-state index is -2.61. The number of halogens is 2. The van der Waals surface area contributed by atoms with E-state index in [1.165, 1.54) is 0 Å². The fourth-order valence-corrected chi connectivity index (χ4v) is 4.36. The summed E-state index contributed by atoms with van der Waals surface area (Å²) in [5.74, 6) is -3.07. The van der Waals surface area contributed by atoms with Gasteiger partial charge in [-0.05, 0) is 24.5 Å². The van der Waals surface area contributed by atoms with Gasteiger partial charge < -0.3 is 10.2 Å². The molecule has 0 spiro atoms. The quantitative estimate of drug-likeness (QED) is 0.833. The summed E-state index contributed by atoms with van der Waals surface area (Å²) < 4.78 is 30.1. The first-order valence-electron chi connectivity index (χ1n) is 9.02. The highest BCUT2D eigenvalue weighted by Crippen LogP contribution is 2.49. The monoisotopic (exact) mass is 330 g/mol. The van der Waals surface area contributed by atoms with Crippen LogP contribution in [0.3, 0.4) is 0 Å². The molecule has 1 aliphatic carbocycles. The Morgan fingerprint density at radius 3 is 2.75 bits per heavy atom. The molecule has 2 nitrogen and oxygen atoms in total. The number of hydrogen-bond donors (Lipinski definition) is 1. The Morgan fingerprint density at radius 2 is 1.92 bits per heavy atom. The molecule has 2 heterocycles. The van der Waals surface area contributed by atoms with E-state index in [1.807, 2.05) is 47.6 Å². The predicted octanol–water partition coefficient (Wildman–Crippen LogP) is 5.06. The molecular weight excluding hydrogens is 306 g/mol.